The van der Waals surface area contributed by atoms with Gasteiger partial charge in [0.2, 0.25) is 0 Å². The average molecular weight is 258 g/mol. The Balaban J connectivity index is 2.50. The third kappa shape index (κ3) is 3.47. The molecule has 92 valence electrons. The van der Waals surface area contributed by atoms with Gasteiger partial charge in [-0.05, 0) is 0 Å². The van der Waals surface area contributed by atoms with E-state index in [0.29, 0.717) is 0 Å². The van der Waals surface area contributed by atoms with E-state index in [1.165, 1.54) is 11.8 Å². The van der Waals surface area contributed by atoms with Crippen LogP contribution in [0.3, 0.4) is 0 Å². The van der Waals surface area contributed by atoms with Gasteiger partial charge in [-0.1, -0.05) is 0 Å². The zero-order valence-electron chi connectivity index (χ0n) is 7.95. The zero-order chi connectivity index (χ0) is 12.3. The summed E-state index contributed by atoms with van der Waals surface area (Å²) < 4.78 is 35.4. The molecule has 1 saturated heterocycles. The van der Waals surface area contributed by atoms with E-state index in [9.17, 15) is 22.8 Å². The molecule has 1 fully saturated rings. The maximum Gasteiger partial charge on any atom is 0.405 e. The number of carboxylic acid groups (broad SMARTS) is 1. The Hall–Kier alpha value is -1.12. The van der Waals surface area contributed by atoms with Crippen molar-refractivity contribution in [3.8, 4) is 0 Å². The zero-order valence-corrected chi connectivity index (χ0v) is 8.77. The molecule has 9 heteroatoms. The standard InChI is InChI=1S/C7H9F3N2O3S/c8-7(9,10)2-11-6(15)12-3-16-1-4(12)5(13)14/h4H,1-3H2,(H,11,15)(H,13,14). The topological polar surface area (TPSA) is 69.6 Å². The van der Waals surface area contributed by atoms with Crippen molar-refractivity contribution in [2.75, 3.05) is 18.2 Å². The highest BCUT2D eigenvalue weighted by molar-refractivity contribution is 7.99. The first-order chi connectivity index (χ1) is 7.31. The van der Waals surface area contributed by atoms with E-state index in [1.807, 2.05) is 0 Å². The third-order valence-electron chi connectivity index (χ3n) is 1.87. The number of halogens is 3. The lowest BCUT2D eigenvalue weighted by Gasteiger charge is -2.21. The number of nitrogens with one attached hydrogen (secondary N) is 1. The number of alkyl halides is 3. The summed E-state index contributed by atoms with van der Waals surface area (Å²) in [6.45, 7) is -1.46. The van der Waals surface area contributed by atoms with E-state index >= 15 is 0 Å². The van der Waals surface area contributed by atoms with Gasteiger partial charge in [0.05, 0.1) is 5.88 Å². The van der Waals surface area contributed by atoms with Crippen LogP contribution < -0.4 is 5.32 Å². The third-order valence-corrected chi connectivity index (χ3v) is 2.88. The fraction of sp³-hybridized carbons (Fsp3) is 0.714. The average Bonchev–Trinajstić information content (AvgIpc) is 2.61. The molecule has 0 bridgehead atoms. The van der Waals surface area contributed by atoms with Crippen molar-refractivity contribution in [3.63, 3.8) is 0 Å². The number of rotatable bonds is 2. The smallest absolute Gasteiger partial charge is 0.405 e. The highest BCUT2D eigenvalue weighted by atomic mass is 32.2. The van der Waals surface area contributed by atoms with Gasteiger partial charge in [0.25, 0.3) is 0 Å². The lowest BCUT2D eigenvalue weighted by Crippen LogP contribution is -2.48. The van der Waals surface area contributed by atoms with E-state index in [0.717, 1.165) is 4.90 Å². The number of amides is 2. The second kappa shape index (κ2) is 4.81. The molecule has 5 nitrogen and oxygen atoms in total. The van der Waals surface area contributed by atoms with Crippen LogP contribution in [0.25, 0.3) is 0 Å². The molecule has 2 amide bonds. The number of nitrogens with zero attached hydrogens (tertiary/aromatic N) is 1. The molecule has 0 aliphatic carbocycles. The Bertz CT molecular complexity index is 297. The van der Waals surface area contributed by atoms with Gasteiger partial charge in [-0.25, -0.2) is 9.59 Å². The normalized spacial score (nSPS) is 20.9. The molecule has 16 heavy (non-hydrogen) atoms. The Morgan fingerprint density at radius 3 is 2.62 bits per heavy atom. The molecule has 0 saturated carbocycles. The van der Waals surface area contributed by atoms with Crippen LogP contribution in [0.2, 0.25) is 0 Å². The summed E-state index contributed by atoms with van der Waals surface area (Å²) in [4.78, 5) is 22.8. The molecule has 1 rings (SSSR count). The fourth-order valence-electron chi connectivity index (χ4n) is 1.12. The van der Waals surface area contributed by atoms with Crippen molar-refractivity contribution in [2.24, 2.45) is 0 Å². The largest absolute Gasteiger partial charge is 0.480 e. The number of carbonyl (C=O) groups is 2. The number of urea groups is 1. The van der Waals surface area contributed by atoms with Gasteiger partial charge in [0.1, 0.15) is 12.6 Å². The number of thioether (sulfide) groups is 1. The summed E-state index contributed by atoms with van der Waals surface area (Å²) in [7, 11) is 0. The predicted molar refractivity (Wildman–Crippen MR) is 50.0 cm³/mol. The first-order valence-electron chi connectivity index (χ1n) is 4.23. The highest BCUT2D eigenvalue weighted by Gasteiger charge is 2.36. The Morgan fingerprint density at radius 2 is 2.12 bits per heavy atom. The minimum Gasteiger partial charge on any atom is -0.480 e. The van der Waals surface area contributed by atoms with Gasteiger partial charge in [0.15, 0.2) is 0 Å². The van der Waals surface area contributed by atoms with E-state index < -0.39 is 30.8 Å². The van der Waals surface area contributed by atoms with Crippen LogP contribution in [-0.4, -0.2) is 52.4 Å². The number of carbonyl (C=O) groups excluding carboxylic acids is 1. The van der Waals surface area contributed by atoms with Gasteiger partial charge in [0, 0.05) is 5.75 Å². The van der Waals surface area contributed by atoms with Crippen molar-refractivity contribution in [2.45, 2.75) is 12.2 Å². The van der Waals surface area contributed by atoms with Crippen LogP contribution in [0.1, 0.15) is 0 Å². The molecular formula is C7H9F3N2O3S. The molecule has 1 aliphatic rings. The Morgan fingerprint density at radius 1 is 1.50 bits per heavy atom. The van der Waals surface area contributed by atoms with Gasteiger partial charge < -0.3 is 15.3 Å². The van der Waals surface area contributed by atoms with Gasteiger partial charge in [-0.15, -0.1) is 11.8 Å². The van der Waals surface area contributed by atoms with Crippen molar-refractivity contribution in [3.05, 3.63) is 0 Å². The summed E-state index contributed by atoms with van der Waals surface area (Å²) in [5.41, 5.74) is 0. The van der Waals surface area contributed by atoms with Crippen LogP contribution >= 0.6 is 11.8 Å². The summed E-state index contributed by atoms with van der Waals surface area (Å²) >= 11 is 1.18. The summed E-state index contributed by atoms with van der Waals surface area (Å²) in [5.74, 6) is -0.942. The SMILES string of the molecule is O=C(O)C1CSCN1C(=O)NCC(F)(F)F. The Kier molecular flexibility index (Phi) is 3.89. The van der Waals surface area contributed by atoms with E-state index in [4.69, 9.17) is 5.11 Å². The molecule has 2 N–H and O–H groups in total. The second-order valence-corrected chi connectivity index (χ2v) is 4.10. The molecule has 1 atom stereocenters. The fourth-order valence-corrected chi connectivity index (χ4v) is 2.27. The molecule has 1 unspecified atom stereocenters. The van der Waals surface area contributed by atoms with Crippen molar-refractivity contribution < 1.29 is 27.9 Å². The quantitative estimate of drug-likeness (QED) is 0.765. The molecule has 1 heterocycles. The lowest BCUT2D eigenvalue weighted by molar-refractivity contribution is -0.140. The number of aliphatic carboxylic acids is 1. The molecule has 0 radical (unpaired) electrons. The van der Waals surface area contributed by atoms with Crippen LogP contribution in [-0.2, 0) is 4.79 Å². The van der Waals surface area contributed by atoms with E-state index in [1.54, 1.807) is 5.32 Å². The van der Waals surface area contributed by atoms with Gasteiger partial charge in [-0.3, -0.25) is 0 Å². The Labute approximate surface area is 93.0 Å². The molecule has 0 aromatic heterocycles. The molecule has 0 aromatic carbocycles. The monoisotopic (exact) mass is 258 g/mol. The lowest BCUT2D eigenvalue weighted by atomic mass is 10.3. The van der Waals surface area contributed by atoms with Crippen molar-refractivity contribution in [1.29, 1.82) is 0 Å². The van der Waals surface area contributed by atoms with Crippen LogP contribution in [0.15, 0.2) is 0 Å². The van der Waals surface area contributed by atoms with Gasteiger partial charge >= 0.3 is 18.2 Å². The highest BCUT2D eigenvalue weighted by Crippen LogP contribution is 2.21. The first-order valence-corrected chi connectivity index (χ1v) is 5.38. The summed E-state index contributed by atoms with van der Waals surface area (Å²) in [5, 5.41) is 10.3. The van der Waals surface area contributed by atoms with Crippen molar-refractivity contribution in [1.82, 2.24) is 10.2 Å². The maximum atomic E-state index is 11.8. The molecule has 1 aliphatic heterocycles. The second-order valence-electron chi connectivity index (χ2n) is 3.10. The minimum atomic E-state index is -4.50. The predicted octanol–water partition coefficient (Wildman–Crippen LogP) is 0.718. The number of carboxylic acids is 1. The minimum absolute atomic E-state index is 0.0840. The number of hydrogen-bond donors (Lipinski definition) is 2. The van der Waals surface area contributed by atoms with Crippen molar-refractivity contribution >= 4 is 23.8 Å². The number of hydrogen-bond acceptors (Lipinski definition) is 3. The maximum absolute atomic E-state index is 11.8. The molecule has 0 spiro atoms. The van der Waals surface area contributed by atoms with E-state index in [2.05, 4.69) is 0 Å². The molecular weight excluding hydrogens is 249 g/mol. The van der Waals surface area contributed by atoms with Gasteiger partial charge in [-0.2, -0.15) is 13.2 Å². The first kappa shape index (κ1) is 12.9. The summed E-state index contributed by atoms with van der Waals surface area (Å²) in [6.07, 6.45) is -4.50. The van der Waals surface area contributed by atoms with Crippen LogP contribution in [0.4, 0.5) is 18.0 Å². The van der Waals surface area contributed by atoms with Crippen LogP contribution in [0.5, 0.6) is 0 Å². The van der Waals surface area contributed by atoms with E-state index in [-0.39, 0.29) is 11.6 Å². The van der Waals surface area contributed by atoms with Crippen LogP contribution in [0, 0.1) is 0 Å². The molecule has 0 aromatic rings. The summed E-state index contributed by atoms with van der Waals surface area (Å²) in [6, 6.07) is -2.06.